The van der Waals surface area contributed by atoms with Crippen molar-refractivity contribution < 1.29 is 22.8 Å². The average Bonchev–Trinajstić information content (AvgIpc) is 2.36. The van der Waals surface area contributed by atoms with Gasteiger partial charge in [0.05, 0.1) is 6.42 Å². The van der Waals surface area contributed by atoms with Crippen LogP contribution in [0, 0.1) is 5.92 Å². The van der Waals surface area contributed by atoms with Crippen molar-refractivity contribution >= 4 is 17.5 Å². The van der Waals surface area contributed by atoms with Gasteiger partial charge in [-0.25, -0.2) is 0 Å². The van der Waals surface area contributed by atoms with Crippen molar-refractivity contribution in [2.75, 3.05) is 11.9 Å². The smallest absolute Gasteiger partial charge is 0.347 e. The van der Waals surface area contributed by atoms with Crippen LogP contribution in [-0.2, 0) is 16.0 Å². The summed E-state index contributed by atoms with van der Waals surface area (Å²) in [6, 6.07) is 6.51. The van der Waals surface area contributed by atoms with Gasteiger partial charge in [0, 0.05) is 11.6 Å². The molecule has 1 aliphatic carbocycles. The second-order valence-corrected chi connectivity index (χ2v) is 5.38. The van der Waals surface area contributed by atoms with Crippen LogP contribution in [0.5, 0.6) is 0 Å². The number of carbonyl (C=O) groups is 2. The van der Waals surface area contributed by atoms with Crippen molar-refractivity contribution in [3.05, 3.63) is 29.8 Å². The van der Waals surface area contributed by atoms with Crippen LogP contribution < -0.4 is 10.6 Å². The first-order chi connectivity index (χ1) is 10.3. The summed E-state index contributed by atoms with van der Waals surface area (Å²) in [6.45, 7) is -1.33. The van der Waals surface area contributed by atoms with E-state index in [9.17, 15) is 22.8 Å². The van der Waals surface area contributed by atoms with E-state index in [1.54, 1.807) is 24.3 Å². The molecule has 2 rings (SSSR count). The number of anilines is 1. The topological polar surface area (TPSA) is 58.2 Å². The summed E-state index contributed by atoms with van der Waals surface area (Å²) < 4.78 is 35.9. The van der Waals surface area contributed by atoms with Crippen molar-refractivity contribution in [2.45, 2.75) is 31.9 Å². The lowest BCUT2D eigenvalue weighted by molar-refractivity contribution is -0.138. The van der Waals surface area contributed by atoms with Gasteiger partial charge >= 0.3 is 6.18 Å². The van der Waals surface area contributed by atoms with Crippen LogP contribution in [0.1, 0.15) is 24.8 Å². The number of amides is 2. The molecule has 0 heterocycles. The van der Waals surface area contributed by atoms with Crippen LogP contribution in [0.25, 0.3) is 0 Å². The van der Waals surface area contributed by atoms with Crippen molar-refractivity contribution in [3.63, 3.8) is 0 Å². The first-order valence-corrected chi connectivity index (χ1v) is 7.07. The number of hydrogen-bond acceptors (Lipinski definition) is 2. The summed E-state index contributed by atoms with van der Waals surface area (Å²) in [4.78, 5) is 23.1. The van der Waals surface area contributed by atoms with E-state index in [0.717, 1.165) is 19.3 Å². The van der Waals surface area contributed by atoms with Crippen molar-refractivity contribution in [1.29, 1.82) is 0 Å². The van der Waals surface area contributed by atoms with E-state index in [-0.39, 0.29) is 18.2 Å². The van der Waals surface area contributed by atoms with Gasteiger partial charge in [0.15, 0.2) is 0 Å². The highest BCUT2D eigenvalue weighted by Gasteiger charge is 2.27. The minimum atomic E-state index is -4.41. The minimum Gasteiger partial charge on any atom is -0.347 e. The van der Waals surface area contributed by atoms with Crippen LogP contribution >= 0.6 is 0 Å². The first-order valence-electron chi connectivity index (χ1n) is 7.07. The molecule has 0 aromatic heterocycles. The SMILES string of the molecule is O=C(Cc1ccc(NC(=O)C2CCC2)cc1)NCC(F)(F)F. The maximum absolute atomic E-state index is 12.0. The summed E-state index contributed by atoms with van der Waals surface area (Å²) >= 11 is 0. The predicted octanol–water partition coefficient (Wildman–Crippen LogP) is 2.65. The highest BCUT2D eigenvalue weighted by atomic mass is 19.4. The number of rotatable bonds is 5. The number of nitrogens with one attached hydrogen (secondary N) is 2. The summed E-state index contributed by atoms with van der Waals surface area (Å²) in [7, 11) is 0. The number of alkyl halides is 3. The van der Waals surface area contributed by atoms with Crippen molar-refractivity contribution in [2.24, 2.45) is 5.92 Å². The van der Waals surface area contributed by atoms with E-state index in [1.807, 2.05) is 5.32 Å². The fraction of sp³-hybridized carbons (Fsp3) is 0.467. The predicted molar refractivity (Wildman–Crippen MR) is 75.2 cm³/mol. The van der Waals surface area contributed by atoms with Crippen LogP contribution in [0.4, 0.5) is 18.9 Å². The molecule has 1 fully saturated rings. The Morgan fingerprint density at radius 2 is 1.77 bits per heavy atom. The molecule has 1 aromatic carbocycles. The molecule has 0 aliphatic heterocycles. The Bertz CT molecular complexity index is 537. The first kappa shape index (κ1) is 16.3. The molecule has 1 aromatic rings. The quantitative estimate of drug-likeness (QED) is 0.878. The van der Waals surface area contributed by atoms with Gasteiger partial charge in [0.25, 0.3) is 0 Å². The molecule has 1 aliphatic rings. The molecule has 0 saturated heterocycles. The molecule has 22 heavy (non-hydrogen) atoms. The van der Waals surface area contributed by atoms with E-state index in [2.05, 4.69) is 5.32 Å². The molecular formula is C15H17F3N2O2. The molecule has 0 bridgehead atoms. The van der Waals surface area contributed by atoms with E-state index in [1.165, 1.54) is 0 Å². The molecular weight excluding hydrogens is 297 g/mol. The normalized spacial score (nSPS) is 15.0. The number of carbonyl (C=O) groups excluding carboxylic acids is 2. The number of benzene rings is 1. The largest absolute Gasteiger partial charge is 0.405 e. The highest BCUT2D eigenvalue weighted by Crippen LogP contribution is 2.27. The molecule has 120 valence electrons. The number of hydrogen-bond donors (Lipinski definition) is 2. The molecule has 2 amide bonds. The Kier molecular flexibility index (Phi) is 5.05. The molecule has 1 saturated carbocycles. The Labute approximate surface area is 126 Å². The summed E-state index contributed by atoms with van der Waals surface area (Å²) in [6.07, 6.45) is -1.66. The maximum Gasteiger partial charge on any atom is 0.405 e. The van der Waals surface area contributed by atoms with Gasteiger partial charge < -0.3 is 10.6 Å². The zero-order valence-electron chi connectivity index (χ0n) is 11.9. The Morgan fingerprint density at radius 3 is 2.27 bits per heavy atom. The van der Waals surface area contributed by atoms with Crippen LogP contribution in [-0.4, -0.2) is 24.5 Å². The van der Waals surface area contributed by atoms with Gasteiger partial charge in [-0.1, -0.05) is 18.6 Å². The fourth-order valence-electron chi connectivity index (χ4n) is 2.07. The molecule has 0 spiro atoms. The van der Waals surface area contributed by atoms with Gasteiger partial charge in [0.1, 0.15) is 6.54 Å². The Balaban J connectivity index is 1.81. The second-order valence-electron chi connectivity index (χ2n) is 5.38. The highest BCUT2D eigenvalue weighted by molar-refractivity contribution is 5.93. The maximum atomic E-state index is 12.0. The number of halogens is 3. The third-order valence-corrected chi connectivity index (χ3v) is 3.55. The molecule has 7 heteroatoms. The van der Waals surface area contributed by atoms with Crippen molar-refractivity contribution in [1.82, 2.24) is 5.32 Å². The summed E-state index contributed by atoms with van der Waals surface area (Å²) in [5.74, 6) is -0.627. The van der Waals surface area contributed by atoms with Gasteiger partial charge in [-0.15, -0.1) is 0 Å². The standard InChI is InChI=1S/C15H17F3N2O2/c16-15(17,18)9-19-13(21)8-10-4-6-12(7-5-10)20-14(22)11-2-1-3-11/h4-7,11H,1-3,8-9H2,(H,19,21)(H,20,22). The lowest BCUT2D eigenvalue weighted by Crippen LogP contribution is -2.34. The summed E-state index contributed by atoms with van der Waals surface area (Å²) in [5.41, 5.74) is 1.21. The Morgan fingerprint density at radius 1 is 1.14 bits per heavy atom. The lowest BCUT2D eigenvalue weighted by atomic mass is 9.85. The lowest BCUT2D eigenvalue weighted by Gasteiger charge is -2.24. The minimum absolute atomic E-state index is 0.0121. The molecule has 0 radical (unpaired) electrons. The van der Waals surface area contributed by atoms with Crippen LogP contribution in [0.2, 0.25) is 0 Å². The average molecular weight is 314 g/mol. The van der Waals surface area contributed by atoms with Crippen molar-refractivity contribution in [3.8, 4) is 0 Å². The van der Waals surface area contributed by atoms with Gasteiger partial charge in [-0.2, -0.15) is 13.2 Å². The monoisotopic (exact) mass is 314 g/mol. The van der Waals surface area contributed by atoms with Gasteiger partial charge in [-0.05, 0) is 30.5 Å². The Hall–Kier alpha value is -2.05. The zero-order chi connectivity index (χ0) is 16.2. The third kappa shape index (κ3) is 5.05. The molecule has 0 unspecified atom stereocenters. The van der Waals surface area contributed by atoms with Crippen LogP contribution in [0.15, 0.2) is 24.3 Å². The summed E-state index contributed by atoms with van der Waals surface area (Å²) in [5, 5.41) is 4.60. The molecule has 0 atom stereocenters. The van der Waals surface area contributed by atoms with E-state index in [0.29, 0.717) is 11.3 Å². The fourth-order valence-corrected chi connectivity index (χ4v) is 2.07. The van der Waals surface area contributed by atoms with Gasteiger partial charge in [0.2, 0.25) is 11.8 Å². The van der Waals surface area contributed by atoms with Crippen LogP contribution in [0.3, 0.4) is 0 Å². The van der Waals surface area contributed by atoms with E-state index < -0.39 is 18.6 Å². The van der Waals surface area contributed by atoms with E-state index >= 15 is 0 Å². The van der Waals surface area contributed by atoms with E-state index in [4.69, 9.17) is 0 Å². The molecule has 2 N–H and O–H groups in total. The zero-order valence-corrected chi connectivity index (χ0v) is 11.9. The van der Waals surface area contributed by atoms with Gasteiger partial charge in [-0.3, -0.25) is 9.59 Å². The third-order valence-electron chi connectivity index (χ3n) is 3.55. The second kappa shape index (κ2) is 6.81. The molecule has 4 nitrogen and oxygen atoms in total.